The first-order valence-corrected chi connectivity index (χ1v) is 5.82. The number of amides is 1. The van der Waals surface area contributed by atoms with Crippen LogP contribution in [0.1, 0.15) is 26.7 Å². The number of nitrogens with two attached hydrogens (primary N) is 1. The van der Waals surface area contributed by atoms with Gasteiger partial charge in [-0.05, 0) is 12.8 Å². The molecule has 1 heterocycles. The molecule has 88 valence electrons. The molecular formula is C11H22N2O2. The van der Waals surface area contributed by atoms with Gasteiger partial charge in [0.25, 0.3) is 0 Å². The lowest BCUT2D eigenvalue weighted by molar-refractivity contribution is -0.144. The largest absolute Gasteiger partial charge is 0.377 e. The fraction of sp³-hybridized carbons (Fsp3) is 0.909. The normalized spacial score (nSPS) is 22.1. The van der Waals surface area contributed by atoms with Gasteiger partial charge in [0.1, 0.15) is 0 Å². The van der Waals surface area contributed by atoms with Crippen LogP contribution in [0.3, 0.4) is 0 Å². The molecule has 0 saturated carbocycles. The first-order valence-electron chi connectivity index (χ1n) is 5.82. The molecule has 4 heteroatoms. The summed E-state index contributed by atoms with van der Waals surface area (Å²) >= 11 is 0. The zero-order chi connectivity index (χ0) is 11.3. The van der Waals surface area contributed by atoms with Crippen molar-refractivity contribution < 1.29 is 9.53 Å². The summed E-state index contributed by atoms with van der Waals surface area (Å²) in [6, 6.07) is 0.0758. The van der Waals surface area contributed by atoms with Crippen molar-refractivity contribution in [1.29, 1.82) is 0 Å². The Bertz CT molecular complexity index is 205. The van der Waals surface area contributed by atoms with Crippen LogP contribution in [0.5, 0.6) is 0 Å². The highest BCUT2D eigenvalue weighted by Crippen LogP contribution is 2.16. The molecule has 1 aliphatic rings. The predicted octanol–water partition coefficient (Wildman–Crippen LogP) is 0.609. The Morgan fingerprint density at radius 3 is 2.73 bits per heavy atom. The number of rotatable bonds is 4. The highest BCUT2D eigenvalue weighted by molar-refractivity contribution is 5.79. The van der Waals surface area contributed by atoms with Gasteiger partial charge in [-0.25, -0.2) is 0 Å². The number of morpholine rings is 1. The fourth-order valence-corrected chi connectivity index (χ4v) is 2.01. The van der Waals surface area contributed by atoms with Crippen LogP contribution < -0.4 is 5.73 Å². The molecule has 1 fully saturated rings. The summed E-state index contributed by atoms with van der Waals surface area (Å²) in [6.07, 6.45) is 1.81. The first kappa shape index (κ1) is 12.5. The van der Waals surface area contributed by atoms with E-state index in [1.807, 2.05) is 4.90 Å². The van der Waals surface area contributed by atoms with E-state index in [1.54, 1.807) is 0 Å². The van der Waals surface area contributed by atoms with E-state index in [4.69, 9.17) is 10.5 Å². The summed E-state index contributed by atoms with van der Waals surface area (Å²) in [6.45, 7) is 6.53. The third-order valence-electron chi connectivity index (χ3n) is 3.12. The van der Waals surface area contributed by atoms with E-state index in [2.05, 4.69) is 13.8 Å². The Balaban J connectivity index is 2.62. The zero-order valence-corrected chi connectivity index (χ0v) is 9.74. The van der Waals surface area contributed by atoms with Crippen LogP contribution >= 0.6 is 0 Å². The van der Waals surface area contributed by atoms with E-state index < -0.39 is 0 Å². The highest BCUT2D eigenvalue weighted by atomic mass is 16.5. The standard InChI is InChI=1S/C11H22N2O2/c1-3-9(4-2)11(14)13-5-6-15-8-10(13)7-12/h9-10H,3-8,12H2,1-2H3. The summed E-state index contributed by atoms with van der Waals surface area (Å²) < 4.78 is 5.33. The Labute approximate surface area is 91.8 Å². The summed E-state index contributed by atoms with van der Waals surface area (Å²) in [5, 5.41) is 0. The number of carbonyl (C=O) groups excluding carboxylic acids is 1. The molecule has 1 aliphatic heterocycles. The molecule has 4 nitrogen and oxygen atoms in total. The molecule has 0 aromatic carbocycles. The summed E-state index contributed by atoms with van der Waals surface area (Å²) in [4.78, 5) is 14.0. The molecule has 1 amide bonds. The zero-order valence-electron chi connectivity index (χ0n) is 9.74. The van der Waals surface area contributed by atoms with Crippen molar-refractivity contribution in [3.8, 4) is 0 Å². The molecule has 0 spiro atoms. The summed E-state index contributed by atoms with van der Waals surface area (Å²) in [5.41, 5.74) is 5.64. The molecule has 0 aromatic heterocycles. The van der Waals surface area contributed by atoms with Gasteiger partial charge in [0.2, 0.25) is 5.91 Å². The van der Waals surface area contributed by atoms with Crippen molar-refractivity contribution in [3.05, 3.63) is 0 Å². The second-order valence-corrected chi connectivity index (χ2v) is 4.01. The maximum atomic E-state index is 12.1. The first-order chi connectivity index (χ1) is 7.24. The minimum atomic E-state index is 0.0758. The Kier molecular flexibility index (Phi) is 5.05. The van der Waals surface area contributed by atoms with Crippen LogP contribution in [0, 0.1) is 5.92 Å². The number of carbonyl (C=O) groups is 1. The third-order valence-corrected chi connectivity index (χ3v) is 3.12. The van der Waals surface area contributed by atoms with Crippen molar-refractivity contribution in [2.75, 3.05) is 26.3 Å². The molecular weight excluding hydrogens is 192 g/mol. The summed E-state index contributed by atoms with van der Waals surface area (Å²) in [5.74, 6) is 0.399. The van der Waals surface area contributed by atoms with Crippen molar-refractivity contribution in [1.82, 2.24) is 4.90 Å². The van der Waals surface area contributed by atoms with Gasteiger partial charge in [-0.1, -0.05) is 13.8 Å². The molecule has 1 unspecified atom stereocenters. The van der Waals surface area contributed by atoms with Crippen LogP contribution in [-0.2, 0) is 9.53 Å². The molecule has 15 heavy (non-hydrogen) atoms. The van der Waals surface area contributed by atoms with E-state index >= 15 is 0 Å². The lowest BCUT2D eigenvalue weighted by Crippen LogP contribution is -2.53. The van der Waals surface area contributed by atoms with Crippen LogP contribution in [0.25, 0.3) is 0 Å². The number of ether oxygens (including phenoxy) is 1. The molecule has 1 atom stereocenters. The van der Waals surface area contributed by atoms with Crippen molar-refractivity contribution >= 4 is 5.91 Å². The van der Waals surface area contributed by atoms with E-state index in [-0.39, 0.29) is 17.9 Å². The van der Waals surface area contributed by atoms with Crippen molar-refractivity contribution in [2.45, 2.75) is 32.7 Å². The number of hydrogen-bond donors (Lipinski definition) is 1. The molecule has 1 saturated heterocycles. The maximum absolute atomic E-state index is 12.1. The van der Waals surface area contributed by atoms with Crippen LogP contribution in [0.4, 0.5) is 0 Å². The molecule has 1 rings (SSSR count). The number of hydrogen-bond acceptors (Lipinski definition) is 3. The lowest BCUT2D eigenvalue weighted by Gasteiger charge is -2.36. The van der Waals surface area contributed by atoms with Gasteiger partial charge in [0.15, 0.2) is 0 Å². The van der Waals surface area contributed by atoms with Crippen LogP contribution in [-0.4, -0.2) is 43.2 Å². The number of nitrogens with zero attached hydrogens (tertiary/aromatic N) is 1. The average Bonchev–Trinajstić information content (AvgIpc) is 2.30. The SMILES string of the molecule is CCC(CC)C(=O)N1CCOCC1CN. The monoisotopic (exact) mass is 214 g/mol. The molecule has 2 N–H and O–H groups in total. The minimum absolute atomic E-state index is 0.0758. The van der Waals surface area contributed by atoms with Gasteiger partial charge in [-0.2, -0.15) is 0 Å². The summed E-state index contributed by atoms with van der Waals surface area (Å²) in [7, 11) is 0. The van der Waals surface area contributed by atoms with Crippen LogP contribution in [0.15, 0.2) is 0 Å². The quantitative estimate of drug-likeness (QED) is 0.746. The second-order valence-electron chi connectivity index (χ2n) is 4.01. The second kappa shape index (κ2) is 6.08. The predicted molar refractivity (Wildman–Crippen MR) is 59.4 cm³/mol. The smallest absolute Gasteiger partial charge is 0.226 e. The van der Waals surface area contributed by atoms with Crippen LogP contribution in [0.2, 0.25) is 0 Å². The molecule has 0 radical (unpaired) electrons. The fourth-order valence-electron chi connectivity index (χ4n) is 2.01. The van der Waals surface area contributed by atoms with E-state index in [0.717, 1.165) is 12.8 Å². The third kappa shape index (κ3) is 2.92. The van der Waals surface area contributed by atoms with E-state index in [1.165, 1.54) is 0 Å². The Hall–Kier alpha value is -0.610. The van der Waals surface area contributed by atoms with E-state index in [9.17, 15) is 4.79 Å². The van der Waals surface area contributed by atoms with E-state index in [0.29, 0.717) is 26.3 Å². The van der Waals surface area contributed by atoms with Crippen molar-refractivity contribution in [3.63, 3.8) is 0 Å². The van der Waals surface area contributed by atoms with Gasteiger partial charge in [-0.3, -0.25) is 4.79 Å². The lowest BCUT2D eigenvalue weighted by atomic mass is 10.0. The van der Waals surface area contributed by atoms with Gasteiger partial charge < -0.3 is 15.4 Å². The Morgan fingerprint density at radius 2 is 2.20 bits per heavy atom. The van der Waals surface area contributed by atoms with Gasteiger partial charge in [-0.15, -0.1) is 0 Å². The molecule has 0 aliphatic carbocycles. The molecule has 0 aromatic rings. The maximum Gasteiger partial charge on any atom is 0.226 e. The molecule has 0 bridgehead atoms. The Morgan fingerprint density at radius 1 is 1.53 bits per heavy atom. The van der Waals surface area contributed by atoms with Gasteiger partial charge in [0.05, 0.1) is 19.3 Å². The minimum Gasteiger partial charge on any atom is -0.377 e. The van der Waals surface area contributed by atoms with Crippen molar-refractivity contribution in [2.24, 2.45) is 11.7 Å². The van der Waals surface area contributed by atoms with Gasteiger partial charge in [0, 0.05) is 19.0 Å². The topological polar surface area (TPSA) is 55.6 Å². The average molecular weight is 214 g/mol. The highest BCUT2D eigenvalue weighted by Gasteiger charge is 2.29. The van der Waals surface area contributed by atoms with Gasteiger partial charge >= 0.3 is 0 Å².